The highest BCUT2D eigenvalue weighted by Gasteiger charge is 2.26. The van der Waals surface area contributed by atoms with Crippen LogP contribution in [0.5, 0.6) is 5.75 Å². The molecule has 1 amide bonds. The van der Waals surface area contributed by atoms with Gasteiger partial charge in [-0.2, -0.15) is 0 Å². The summed E-state index contributed by atoms with van der Waals surface area (Å²) in [4.78, 5) is 12.4. The van der Waals surface area contributed by atoms with Crippen LogP contribution in [0.4, 0.5) is 0 Å². The van der Waals surface area contributed by atoms with Gasteiger partial charge in [-0.1, -0.05) is 18.2 Å². The highest BCUT2D eigenvalue weighted by atomic mass is 32.1. The fourth-order valence-electron chi connectivity index (χ4n) is 2.66. The normalized spacial score (nSPS) is 14.1. The molecule has 1 saturated carbocycles. The largest absolute Gasteiger partial charge is 0.492 e. The van der Waals surface area contributed by atoms with Crippen LogP contribution in [0.1, 0.15) is 23.3 Å². The minimum Gasteiger partial charge on any atom is -0.492 e. The van der Waals surface area contributed by atoms with Crippen LogP contribution >= 0.6 is 11.3 Å². The van der Waals surface area contributed by atoms with Crippen LogP contribution in [0.3, 0.4) is 0 Å². The minimum atomic E-state index is 0.0237. The molecular weight excluding hydrogens is 308 g/mol. The van der Waals surface area contributed by atoms with E-state index >= 15 is 0 Å². The number of amides is 1. The van der Waals surface area contributed by atoms with E-state index in [0.29, 0.717) is 19.2 Å². The van der Waals surface area contributed by atoms with Crippen molar-refractivity contribution < 1.29 is 9.53 Å². The van der Waals surface area contributed by atoms with E-state index in [0.717, 1.165) is 34.5 Å². The van der Waals surface area contributed by atoms with Crippen molar-refractivity contribution in [1.29, 1.82) is 0 Å². The molecule has 1 aliphatic carbocycles. The number of aromatic nitrogens is 1. The molecule has 0 radical (unpaired) electrons. The SMILES string of the molecule is O=C(NC1CC1)c1cc2sccc2n1CCOc1ccccc1. The molecule has 4 rings (SSSR count). The summed E-state index contributed by atoms with van der Waals surface area (Å²) in [7, 11) is 0. The zero-order chi connectivity index (χ0) is 15.6. The van der Waals surface area contributed by atoms with Crippen LogP contribution in [-0.4, -0.2) is 23.1 Å². The molecule has 0 saturated heterocycles. The van der Waals surface area contributed by atoms with Gasteiger partial charge in [-0.15, -0.1) is 11.3 Å². The quantitative estimate of drug-likeness (QED) is 0.751. The van der Waals surface area contributed by atoms with E-state index in [-0.39, 0.29) is 5.91 Å². The van der Waals surface area contributed by atoms with Crippen LogP contribution in [0.25, 0.3) is 10.2 Å². The molecule has 2 heterocycles. The Morgan fingerprint density at radius 1 is 1.26 bits per heavy atom. The Hall–Kier alpha value is -2.27. The van der Waals surface area contributed by atoms with Gasteiger partial charge in [0.25, 0.3) is 5.91 Å². The summed E-state index contributed by atoms with van der Waals surface area (Å²) >= 11 is 1.66. The lowest BCUT2D eigenvalue weighted by Gasteiger charge is -2.11. The van der Waals surface area contributed by atoms with Gasteiger partial charge in [0.2, 0.25) is 0 Å². The Morgan fingerprint density at radius 2 is 2.09 bits per heavy atom. The van der Waals surface area contributed by atoms with E-state index in [1.807, 2.05) is 36.4 Å². The predicted molar refractivity (Wildman–Crippen MR) is 92.2 cm³/mol. The first-order valence-corrected chi connectivity index (χ1v) is 8.75. The molecule has 1 aliphatic rings. The first-order valence-electron chi connectivity index (χ1n) is 7.87. The van der Waals surface area contributed by atoms with E-state index in [4.69, 9.17) is 4.74 Å². The topological polar surface area (TPSA) is 43.3 Å². The number of nitrogens with zero attached hydrogens (tertiary/aromatic N) is 1. The van der Waals surface area contributed by atoms with E-state index in [1.165, 1.54) is 0 Å². The first kappa shape index (κ1) is 14.3. The summed E-state index contributed by atoms with van der Waals surface area (Å²) in [5, 5.41) is 5.13. The number of nitrogens with one attached hydrogen (secondary N) is 1. The number of fused-ring (bicyclic) bond motifs is 1. The number of benzene rings is 1. The number of ether oxygens (including phenoxy) is 1. The Labute approximate surface area is 138 Å². The van der Waals surface area contributed by atoms with Gasteiger partial charge in [-0.05, 0) is 42.5 Å². The highest BCUT2D eigenvalue weighted by molar-refractivity contribution is 7.17. The fourth-order valence-corrected chi connectivity index (χ4v) is 3.49. The molecule has 1 N–H and O–H groups in total. The number of carbonyl (C=O) groups excluding carboxylic acids is 1. The number of thiophene rings is 1. The minimum absolute atomic E-state index is 0.0237. The average Bonchev–Trinajstić information content (AvgIpc) is 3.14. The van der Waals surface area contributed by atoms with Gasteiger partial charge in [-0.3, -0.25) is 4.79 Å². The third-order valence-corrected chi connectivity index (χ3v) is 4.85. The fraction of sp³-hybridized carbons (Fsp3) is 0.278. The Morgan fingerprint density at radius 3 is 2.87 bits per heavy atom. The van der Waals surface area contributed by atoms with Crippen molar-refractivity contribution in [3.8, 4) is 5.75 Å². The molecule has 0 spiro atoms. The second-order valence-corrected chi connectivity index (χ2v) is 6.71. The van der Waals surface area contributed by atoms with Gasteiger partial charge < -0.3 is 14.6 Å². The van der Waals surface area contributed by atoms with Crippen LogP contribution < -0.4 is 10.1 Å². The van der Waals surface area contributed by atoms with Crippen molar-refractivity contribution in [3.05, 3.63) is 53.5 Å². The molecule has 3 aromatic rings. The monoisotopic (exact) mass is 326 g/mol. The average molecular weight is 326 g/mol. The third-order valence-electron chi connectivity index (χ3n) is 3.99. The van der Waals surface area contributed by atoms with Crippen LogP contribution in [-0.2, 0) is 6.54 Å². The molecule has 1 aromatic carbocycles. The van der Waals surface area contributed by atoms with Crippen LogP contribution in [0.15, 0.2) is 47.8 Å². The maximum atomic E-state index is 12.4. The second-order valence-electron chi connectivity index (χ2n) is 5.76. The standard InChI is InChI=1S/C18H18N2O2S/c21-18(19-13-6-7-13)16-12-17-15(8-11-23-17)20(16)9-10-22-14-4-2-1-3-5-14/h1-5,8,11-13H,6-7,9-10H2,(H,19,21). The summed E-state index contributed by atoms with van der Waals surface area (Å²) in [5.74, 6) is 0.876. The van der Waals surface area contributed by atoms with E-state index in [2.05, 4.69) is 21.3 Å². The van der Waals surface area contributed by atoms with E-state index in [9.17, 15) is 4.79 Å². The highest BCUT2D eigenvalue weighted by Crippen LogP contribution is 2.26. The van der Waals surface area contributed by atoms with Crippen molar-refractivity contribution in [2.75, 3.05) is 6.61 Å². The van der Waals surface area contributed by atoms with Gasteiger partial charge in [0.15, 0.2) is 0 Å². The number of hydrogen-bond donors (Lipinski definition) is 1. The summed E-state index contributed by atoms with van der Waals surface area (Å²) < 4.78 is 8.99. The van der Waals surface area contributed by atoms with Gasteiger partial charge in [0.1, 0.15) is 18.1 Å². The van der Waals surface area contributed by atoms with Crippen LogP contribution in [0.2, 0.25) is 0 Å². The first-order chi connectivity index (χ1) is 11.3. The summed E-state index contributed by atoms with van der Waals surface area (Å²) in [6.07, 6.45) is 2.19. The molecule has 118 valence electrons. The Kier molecular flexibility index (Phi) is 3.79. The molecule has 0 aliphatic heterocycles. The molecule has 1 fully saturated rings. The van der Waals surface area contributed by atoms with Crippen molar-refractivity contribution in [1.82, 2.24) is 9.88 Å². The number of hydrogen-bond acceptors (Lipinski definition) is 3. The second kappa shape index (κ2) is 6.08. The molecular formula is C18H18N2O2S. The Balaban J connectivity index is 1.52. The van der Waals surface area contributed by atoms with E-state index < -0.39 is 0 Å². The lowest BCUT2D eigenvalue weighted by Crippen LogP contribution is -2.28. The number of carbonyl (C=O) groups is 1. The lowest BCUT2D eigenvalue weighted by atomic mass is 10.3. The van der Waals surface area contributed by atoms with Crippen LogP contribution in [0, 0.1) is 0 Å². The predicted octanol–water partition coefficient (Wildman–Crippen LogP) is 3.67. The van der Waals surface area contributed by atoms with Gasteiger partial charge in [0.05, 0.1) is 16.8 Å². The molecule has 0 atom stereocenters. The maximum Gasteiger partial charge on any atom is 0.268 e. The molecule has 23 heavy (non-hydrogen) atoms. The zero-order valence-electron chi connectivity index (χ0n) is 12.7. The third kappa shape index (κ3) is 3.10. The number of para-hydroxylation sites is 1. The summed E-state index contributed by atoms with van der Waals surface area (Å²) in [6, 6.07) is 14.2. The van der Waals surface area contributed by atoms with Crippen molar-refractivity contribution in [2.45, 2.75) is 25.4 Å². The van der Waals surface area contributed by atoms with Gasteiger partial charge in [0, 0.05) is 6.04 Å². The van der Waals surface area contributed by atoms with Crippen molar-refractivity contribution >= 4 is 27.5 Å². The molecule has 2 aromatic heterocycles. The lowest BCUT2D eigenvalue weighted by molar-refractivity contribution is 0.0941. The van der Waals surface area contributed by atoms with Crippen molar-refractivity contribution in [2.24, 2.45) is 0 Å². The smallest absolute Gasteiger partial charge is 0.268 e. The van der Waals surface area contributed by atoms with E-state index in [1.54, 1.807) is 11.3 Å². The molecule has 4 nitrogen and oxygen atoms in total. The van der Waals surface area contributed by atoms with Crippen molar-refractivity contribution in [3.63, 3.8) is 0 Å². The summed E-state index contributed by atoms with van der Waals surface area (Å²) in [5.41, 5.74) is 1.84. The number of rotatable bonds is 6. The Bertz CT molecular complexity index is 818. The summed E-state index contributed by atoms with van der Waals surface area (Å²) in [6.45, 7) is 1.19. The molecule has 0 bridgehead atoms. The molecule has 5 heteroatoms. The maximum absolute atomic E-state index is 12.4. The van der Waals surface area contributed by atoms with Gasteiger partial charge in [-0.25, -0.2) is 0 Å². The van der Waals surface area contributed by atoms with Gasteiger partial charge >= 0.3 is 0 Å². The molecule has 0 unspecified atom stereocenters. The zero-order valence-corrected chi connectivity index (χ0v) is 13.5.